The Kier molecular flexibility index (Phi) is 10.8. The highest BCUT2D eigenvalue weighted by molar-refractivity contribution is 6.97. The first-order chi connectivity index (χ1) is 23.8. The van der Waals surface area contributed by atoms with Gasteiger partial charge in [-0.1, -0.05) is 117 Å². The molecule has 0 heterocycles. The lowest BCUT2D eigenvalue weighted by molar-refractivity contribution is 1.08. The van der Waals surface area contributed by atoms with E-state index in [1.807, 2.05) is 0 Å². The molecule has 0 bridgehead atoms. The summed E-state index contributed by atoms with van der Waals surface area (Å²) in [5.41, 5.74) is 28.9. The maximum atomic E-state index is 5.62. The van der Waals surface area contributed by atoms with Crippen molar-refractivity contribution < 1.29 is 0 Å². The van der Waals surface area contributed by atoms with Crippen molar-refractivity contribution in [3.8, 4) is 34.6 Å². The average molecular weight is 655 g/mol. The van der Waals surface area contributed by atoms with E-state index in [4.69, 9.17) is 6.42 Å². The van der Waals surface area contributed by atoms with Gasteiger partial charge in [0, 0.05) is 6.42 Å². The SMILES string of the molecule is C#CCC/C=C(\C)c1c(C)c(C)c(B(c2c(C)c(C)c(-c3ccccc3)c(C)c2C)c2c(C)c(C)c(-c3ccccc3)c(C)c2C)c(C)c1C. The highest BCUT2D eigenvalue weighted by Crippen LogP contribution is 2.35. The summed E-state index contributed by atoms with van der Waals surface area (Å²) in [6.45, 7) is 30.6. The number of hydrogen-bond acceptors (Lipinski definition) is 0. The van der Waals surface area contributed by atoms with Crippen molar-refractivity contribution in [1.82, 2.24) is 0 Å². The third kappa shape index (κ3) is 6.20. The highest BCUT2D eigenvalue weighted by atomic mass is 14.3. The van der Waals surface area contributed by atoms with Crippen LogP contribution >= 0.6 is 0 Å². The maximum Gasteiger partial charge on any atom is 0.243 e. The summed E-state index contributed by atoms with van der Waals surface area (Å²) in [5, 5.41) is 0. The van der Waals surface area contributed by atoms with Gasteiger partial charge in [0.1, 0.15) is 0 Å². The van der Waals surface area contributed by atoms with Crippen molar-refractivity contribution in [2.24, 2.45) is 0 Å². The third-order valence-electron chi connectivity index (χ3n) is 12.2. The van der Waals surface area contributed by atoms with E-state index < -0.39 is 0 Å². The summed E-state index contributed by atoms with van der Waals surface area (Å²) in [4.78, 5) is 0. The molecule has 0 radical (unpaired) electrons. The molecule has 0 aliphatic heterocycles. The molecule has 50 heavy (non-hydrogen) atoms. The van der Waals surface area contributed by atoms with E-state index in [2.05, 4.69) is 163 Å². The zero-order chi connectivity index (χ0) is 36.6. The van der Waals surface area contributed by atoms with Crippen LogP contribution in [-0.2, 0) is 0 Å². The van der Waals surface area contributed by atoms with Gasteiger partial charge in [-0.05, 0) is 163 Å². The summed E-state index contributed by atoms with van der Waals surface area (Å²) in [7, 11) is 0. The largest absolute Gasteiger partial charge is 0.243 e. The fraction of sp³-hybridized carbons (Fsp3) is 0.306. The van der Waals surface area contributed by atoms with Gasteiger partial charge in [-0.15, -0.1) is 12.3 Å². The van der Waals surface area contributed by atoms with E-state index in [0.717, 1.165) is 12.8 Å². The summed E-state index contributed by atoms with van der Waals surface area (Å²) < 4.78 is 0. The van der Waals surface area contributed by atoms with Gasteiger partial charge in [0.15, 0.2) is 0 Å². The zero-order valence-electron chi connectivity index (χ0n) is 32.9. The second kappa shape index (κ2) is 14.8. The smallest absolute Gasteiger partial charge is 0.120 e. The minimum atomic E-state index is 0.0802. The van der Waals surface area contributed by atoms with Gasteiger partial charge >= 0.3 is 0 Å². The second-order valence-corrected chi connectivity index (χ2v) is 14.7. The summed E-state index contributed by atoms with van der Waals surface area (Å²) in [6, 6.07) is 21.9. The van der Waals surface area contributed by atoms with Gasteiger partial charge < -0.3 is 0 Å². The lowest BCUT2D eigenvalue weighted by Crippen LogP contribution is -2.58. The number of allylic oxidation sites excluding steroid dienone is 2. The number of rotatable bonds is 8. The normalized spacial score (nSPS) is 11.6. The van der Waals surface area contributed by atoms with E-state index in [1.54, 1.807) is 0 Å². The van der Waals surface area contributed by atoms with E-state index in [9.17, 15) is 0 Å². The molecule has 0 nitrogen and oxygen atoms in total. The number of unbranched alkanes of at least 4 members (excludes halogenated alkanes) is 1. The minimum Gasteiger partial charge on any atom is -0.120 e. The van der Waals surface area contributed by atoms with Crippen LogP contribution in [0.5, 0.6) is 0 Å². The van der Waals surface area contributed by atoms with Crippen LogP contribution in [0, 0.1) is 95.4 Å². The third-order valence-corrected chi connectivity index (χ3v) is 12.2. The van der Waals surface area contributed by atoms with Crippen LogP contribution in [0.25, 0.3) is 27.8 Å². The fourth-order valence-electron chi connectivity index (χ4n) is 8.90. The van der Waals surface area contributed by atoms with Crippen LogP contribution in [0.2, 0.25) is 0 Å². The monoisotopic (exact) mass is 654 g/mol. The molecule has 0 amide bonds. The molecule has 0 aliphatic rings. The standard InChI is InChI=1S/C49H55B/c1-15-16-19-24-29(2)44-30(3)36(9)47(37(10)31(44)4)50(48-38(11)32(5)45(33(6)39(48)12)42-25-20-17-21-26-42)49-40(13)34(7)46(35(8)41(49)14)43-27-22-18-23-28-43/h1,17-18,20-28H,16,19H2,2-14H3/b29-24+. The zero-order valence-corrected chi connectivity index (χ0v) is 32.9. The number of terminal acetylenes is 1. The maximum absolute atomic E-state index is 5.62. The fourth-order valence-corrected chi connectivity index (χ4v) is 8.90. The molecule has 0 fully saturated rings. The van der Waals surface area contributed by atoms with E-state index in [-0.39, 0.29) is 6.71 Å². The Hall–Kier alpha value is -4.54. The highest BCUT2D eigenvalue weighted by Gasteiger charge is 2.35. The van der Waals surface area contributed by atoms with Crippen LogP contribution < -0.4 is 16.4 Å². The predicted molar refractivity (Wildman–Crippen MR) is 223 cm³/mol. The molecule has 0 N–H and O–H groups in total. The Morgan fingerprint density at radius 3 is 1.14 bits per heavy atom. The van der Waals surface area contributed by atoms with Gasteiger partial charge in [0.05, 0.1) is 0 Å². The van der Waals surface area contributed by atoms with Gasteiger partial charge in [0.25, 0.3) is 0 Å². The summed E-state index contributed by atoms with van der Waals surface area (Å²) in [5.74, 6) is 2.81. The number of hydrogen-bond donors (Lipinski definition) is 0. The number of benzene rings is 5. The second-order valence-electron chi connectivity index (χ2n) is 14.7. The van der Waals surface area contributed by atoms with Crippen LogP contribution in [0.3, 0.4) is 0 Å². The van der Waals surface area contributed by atoms with Crippen LogP contribution in [-0.4, -0.2) is 6.71 Å². The first-order valence-electron chi connectivity index (χ1n) is 18.3. The first kappa shape index (κ1) is 36.7. The van der Waals surface area contributed by atoms with Crippen LogP contribution in [0.15, 0.2) is 66.7 Å². The molecule has 1 heteroatoms. The topological polar surface area (TPSA) is 0 Å². The van der Waals surface area contributed by atoms with Crippen molar-refractivity contribution in [3.63, 3.8) is 0 Å². The van der Waals surface area contributed by atoms with E-state index >= 15 is 0 Å². The molecule has 0 saturated heterocycles. The van der Waals surface area contributed by atoms with Gasteiger partial charge in [-0.3, -0.25) is 0 Å². The van der Waals surface area contributed by atoms with E-state index in [1.165, 1.54) is 117 Å². The van der Waals surface area contributed by atoms with Gasteiger partial charge in [-0.25, -0.2) is 0 Å². The molecule has 5 aromatic rings. The molecule has 5 aromatic carbocycles. The molecule has 5 rings (SSSR count). The summed E-state index contributed by atoms with van der Waals surface area (Å²) >= 11 is 0. The van der Waals surface area contributed by atoms with E-state index in [0.29, 0.717) is 0 Å². The first-order valence-corrected chi connectivity index (χ1v) is 18.3. The van der Waals surface area contributed by atoms with Crippen molar-refractivity contribution in [2.45, 2.75) is 103 Å². The van der Waals surface area contributed by atoms with Crippen molar-refractivity contribution in [3.05, 3.63) is 139 Å². The van der Waals surface area contributed by atoms with Crippen molar-refractivity contribution >= 4 is 28.7 Å². The Morgan fingerprint density at radius 2 is 0.820 bits per heavy atom. The average Bonchev–Trinajstić information content (AvgIpc) is 3.10. The molecule has 0 aromatic heterocycles. The Balaban J connectivity index is 1.94. The molecular formula is C49H55B. The Labute approximate surface area is 304 Å². The van der Waals surface area contributed by atoms with Crippen LogP contribution in [0.4, 0.5) is 0 Å². The molecule has 254 valence electrons. The molecule has 0 aliphatic carbocycles. The molecular weight excluding hydrogens is 599 g/mol. The molecule has 0 saturated carbocycles. The Bertz CT molecular complexity index is 1970. The Morgan fingerprint density at radius 1 is 0.500 bits per heavy atom. The molecule has 0 spiro atoms. The minimum absolute atomic E-state index is 0.0802. The quantitative estimate of drug-likeness (QED) is 0.0887. The van der Waals surface area contributed by atoms with Gasteiger partial charge in [0.2, 0.25) is 6.71 Å². The summed E-state index contributed by atoms with van der Waals surface area (Å²) in [6.07, 6.45) is 9.62. The lowest BCUT2D eigenvalue weighted by atomic mass is 9.32. The van der Waals surface area contributed by atoms with Crippen LogP contribution in [0.1, 0.15) is 92.1 Å². The van der Waals surface area contributed by atoms with Crippen molar-refractivity contribution in [2.75, 3.05) is 0 Å². The molecule has 0 atom stereocenters. The predicted octanol–water partition coefficient (Wildman–Crippen LogP) is 11.1. The lowest BCUT2D eigenvalue weighted by Gasteiger charge is -2.33. The van der Waals surface area contributed by atoms with Crippen molar-refractivity contribution in [1.29, 1.82) is 0 Å². The van der Waals surface area contributed by atoms with Gasteiger partial charge in [-0.2, -0.15) is 0 Å². The molecule has 0 unspecified atom stereocenters.